The van der Waals surface area contributed by atoms with E-state index >= 15 is 0 Å². The molecule has 0 bridgehead atoms. The van der Waals surface area contributed by atoms with Crippen LogP contribution in [0.4, 0.5) is 0 Å². The van der Waals surface area contributed by atoms with Gasteiger partial charge < -0.3 is 10.2 Å². The average Bonchev–Trinajstić information content (AvgIpc) is 3.31. The maximum absolute atomic E-state index is 10.6. The predicted molar refractivity (Wildman–Crippen MR) is 93.8 cm³/mol. The number of rotatable bonds is 5. The number of hydrogen-bond acceptors (Lipinski definition) is 8. The normalized spacial score (nSPS) is 18.4. The zero-order valence-corrected chi connectivity index (χ0v) is 14.7. The molecule has 0 aliphatic carbocycles. The predicted octanol–water partition coefficient (Wildman–Crippen LogP) is 1.26. The van der Waals surface area contributed by atoms with Gasteiger partial charge in [-0.3, -0.25) is 9.80 Å². The number of β-amino-alcohol motifs (C(OH)–C–C–N with tert-alkyl or cyclic N) is 1. The molecule has 0 unspecified atom stereocenters. The number of aromatic nitrogens is 3. The quantitative estimate of drug-likeness (QED) is 0.709. The van der Waals surface area contributed by atoms with Crippen molar-refractivity contribution in [2.75, 3.05) is 39.3 Å². The number of piperazine rings is 1. The van der Waals surface area contributed by atoms with Crippen LogP contribution in [-0.2, 0) is 0 Å². The van der Waals surface area contributed by atoms with Gasteiger partial charge in [-0.05, 0) is 11.4 Å². The molecule has 7 nitrogen and oxygen atoms in total. The summed E-state index contributed by atoms with van der Waals surface area (Å²) in [6.45, 7) is 4.56. The van der Waals surface area contributed by atoms with Gasteiger partial charge in [0.2, 0.25) is 10.8 Å². The highest BCUT2D eigenvalue weighted by molar-refractivity contribution is 7.17. The summed E-state index contributed by atoms with van der Waals surface area (Å²) in [5, 5.41) is 25.9. The Hall–Kier alpha value is -1.52. The Morgan fingerprint density at radius 3 is 2.75 bits per heavy atom. The maximum atomic E-state index is 10.6. The third-order valence-electron chi connectivity index (χ3n) is 4.39. The number of fused-ring (bicyclic) bond motifs is 1. The third-order valence-corrected chi connectivity index (χ3v) is 6.40. The van der Waals surface area contributed by atoms with E-state index in [2.05, 4.69) is 31.3 Å². The molecule has 1 aliphatic heterocycles. The molecule has 0 amide bonds. The smallest absolute Gasteiger partial charge is 0.230 e. The van der Waals surface area contributed by atoms with E-state index in [1.54, 1.807) is 11.3 Å². The average molecular weight is 365 g/mol. The van der Waals surface area contributed by atoms with Crippen LogP contribution in [-0.4, -0.2) is 73.9 Å². The van der Waals surface area contributed by atoms with E-state index < -0.39 is 0 Å². The summed E-state index contributed by atoms with van der Waals surface area (Å²) in [5.41, 5.74) is 0. The van der Waals surface area contributed by atoms with E-state index in [0.717, 1.165) is 37.6 Å². The first-order valence-corrected chi connectivity index (χ1v) is 9.59. The molecule has 4 heterocycles. The lowest BCUT2D eigenvalue weighted by atomic mass is 10.1. The van der Waals surface area contributed by atoms with Crippen LogP contribution in [0.25, 0.3) is 4.96 Å². The molecule has 128 valence electrons. The second-order valence-electron chi connectivity index (χ2n) is 5.76. The Morgan fingerprint density at radius 2 is 2.08 bits per heavy atom. The van der Waals surface area contributed by atoms with Crippen LogP contribution in [0.5, 0.6) is 5.88 Å². The number of nitrogens with zero attached hydrogens (tertiary/aromatic N) is 5. The van der Waals surface area contributed by atoms with Gasteiger partial charge in [-0.1, -0.05) is 17.4 Å². The van der Waals surface area contributed by atoms with E-state index in [0.29, 0.717) is 4.96 Å². The standard InChI is InChI=1S/C15H19N5O2S2/c21-8-7-18-3-5-19(6-4-18)12(11-2-1-9-23-11)13-14(22)20-15(24-13)16-10-17-20/h1-2,9-10,12,21-22H,3-8H2/t12-/m1/s1. The van der Waals surface area contributed by atoms with Crippen LogP contribution in [0.15, 0.2) is 23.8 Å². The molecular formula is C15H19N5O2S2. The second-order valence-corrected chi connectivity index (χ2v) is 7.75. The molecule has 2 N–H and O–H groups in total. The molecule has 1 atom stereocenters. The van der Waals surface area contributed by atoms with Crippen molar-refractivity contribution >= 4 is 27.6 Å². The monoisotopic (exact) mass is 365 g/mol. The Morgan fingerprint density at radius 1 is 1.25 bits per heavy atom. The van der Waals surface area contributed by atoms with Crippen LogP contribution in [0, 0.1) is 0 Å². The van der Waals surface area contributed by atoms with Crippen LogP contribution >= 0.6 is 22.7 Å². The molecule has 3 aromatic heterocycles. The van der Waals surface area contributed by atoms with Crippen LogP contribution in [0.2, 0.25) is 0 Å². The van der Waals surface area contributed by atoms with Crippen LogP contribution in [0.3, 0.4) is 0 Å². The van der Waals surface area contributed by atoms with Gasteiger partial charge in [0, 0.05) is 37.6 Å². The van der Waals surface area contributed by atoms with Crippen LogP contribution < -0.4 is 0 Å². The summed E-state index contributed by atoms with van der Waals surface area (Å²) in [7, 11) is 0. The largest absolute Gasteiger partial charge is 0.492 e. The number of hydrogen-bond donors (Lipinski definition) is 2. The number of aliphatic hydroxyl groups is 1. The highest BCUT2D eigenvalue weighted by Crippen LogP contribution is 2.41. The van der Waals surface area contributed by atoms with E-state index in [-0.39, 0.29) is 18.5 Å². The SMILES string of the molecule is OCCN1CCN([C@H](c2cccs2)c2sc3ncnn3c2O)CC1. The molecule has 1 saturated heterocycles. The van der Waals surface area contributed by atoms with Gasteiger partial charge in [0.1, 0.15) is 6.33 Å². The Labute approximate surface area is 147 Å². The number of thiazole rings is 1. The molecule has 1 aliphatic rings. The van der Waals surface area contributed by atoms with E-state index in [9.17, 15) is 5.11 Å². The molecular weight excluding hydrogens is 346 g/mol. The molecule has 9 heteroatoms. The summed E-state index contributed by atoms with van der Waals surface area (Å²) in [6.07, 6.45) is 1.46. The lowest BCUT2D eigenvalue weighted by molar-refractivity contribution is 0.0954. The van der Waals surface area contributed by atoms with Gasteiger partial charge in [0.15, 0.2) is 0 Å². The van der Waals surface area contributed by atoms with Crippen LogP contribution in [0.1, 0.15) is 15.8 Å². The zero-order chi connectivity index (χ0) is 16.5. The summed E-state index contributed by atoms with van der Waals surface area (Å²) in [4.78, 5) is 11.7. The fourth-order valence-corrected chi connectivity index (χ4v) is 5.20. The minimum atomic E-state index is 0.0229. The minimum Gasteiger partial charge on any atom is -0.492 e. The molecule has 0 radical (unpaired) electrons. The van der Waals surface area contributed by atoms with Crippen molar-refractivity contribution in [3.63, 3.8) is 0 Å². The first kappa shape index (κ1) is 16.0. The molecule has 0 saturated carbocycles. The molecule has 24 heavy (non-hydrogen) atoms. The number of aliphatic hydroxyl groups excluding tert-OH is 1. The van der Waals surface area contributed by atoms with Crippen molar-refractivity contribution in [2.24, 2.45) is 0 Å². The Kier molecular flexibility index (Phi) is 4.51. The van der Waals surface area contributed by atoms with Gasteiger partial charge in [0.25, 0.3) is 0 Å². The molecule has 3 aromatic rings. The molecule has 0 aromatic carbocycles. The summed E-state index contributed by atoms with van der Waals surface area (Å²) < 4.78 is 1.50. The minimum absolute atomic E-state index is 0.0229. The summed E-state index contributed by atoms with van der Waals surface area (Å²) in [5.74, 6) is 0.184. The fourth-order valence-electron chi connectivity index (χ4n) is 3.18. The van der Waals surface area contributed by atoms with Crippen molar-refractivity contribution < 1.29 is 10.2 Å². The number of thiophene rings is 1. The second kappa shape index (κ2) is 6.77. The molecule has 0 spiro atoms. The third kappa shape index (κ3) is 2.82. The van der Waals surface area contributed by atoms with E-state index in [1.165, 1.54) is 27.1 Å². The van der Waals surface area contributed by atoms with Crippen molar-refractivity contribution in [2.45, 2.75) is 6.04 Å². The Balaban J connectivity index is 1.66. The van der Waals surface area contributed by atoms with Crippen molar-refractivity contribution in [1.82, 2.24) is 24.4 Å². The van der Waals surface area contributed by atoms with Crippen molar-refractivity contribution in [3.05, 3.63) is 33.6 Å². The van der Waals surface area contributed by atoms with E-state index in [1.807, 2.05) is 6.07 Å². The van der Waals surface area contributed by atoms with Gasteiger partial charge in [0.05, 0.1) is 17.5 Å². The first-order valence-electron chi connectivity index (χ1n) is 7.90. The van der Waals surface area contributed by atoms with Gasteiger partial charge in [-0.25, -0.2) is 4.98 Å². The first-order chi connectivity index (χ1) is 11.8. The van der Waals surface area contributed by atoms with Gasteiger partial charge >= 0.3 is 0 Å². The lowest BCUT2D eigenvalue weighted by Crippen LogP contribution is -2.48. The highest BCUT2D eigenvalue weighted by Gasteiger charge is 2.31. The lowest BCUT2D eigenvalue weighted by Gasteiger charge is -2.38. The van der Waals surface area contributed by atoms with Gasteiger partial charge in [-0.15, -0.1) is 11.3 Å². The van der Waals surface area contributed by atoms with E-state index in [4.69, 9.17) is 5.11 Å². The topological polar surface area (TPSA) is 77.1 Å². The van der Waals surface area contributed by atoms with Crippen molar-refractivity contribution in [1.29, 1.82) is 0 Å². The molecule has 4 rings (SSSR count). The zero-order valence-electron chi connectivity index (χ0n) is 13.1. The number of aromatic hydroxyl groups is 1. The van der Waals surface area contributed by atoms with Crippen molar-refractivity contribution in [3.8, 4) is 5.88 Å². The molecule has 1 fully saturated rings. The highest BCUT2D eigenvalue weighted by atomic mass is 32.1. The summed E-state index contributed by atoms with van der Waals surface area (Å²) >= 11 is 3.19. The summed E-state index contributed by atoms with van der Waals surface area (Å²) in [6, 6.07) is 4.18. The van der Waals surface area contributed by atoms with Gasteiger partial charge in [-0.2, -0.15) is 9.61 Å². The fraction of sp³-hybridized carbons (Fsp3) is 0.467. The maximum Gasteiger partial charge on any atom is 0.230 e. The Bertz CT molecular complexity index is 792.